The van der Waals surface area contributed by atoms with Crippen LogP contribution in [-0.4, -0.2) is 29.2 Å². The van der Waals surface area contributed by atoms with Crippen LogP contribution >= 0.6 is 0 Å². The normalized spacial score (nSPS) is 12.2. The van der Waals surface area contributed by atoms with Crippen molar-refractivity contribution < 1.29 is 4.74 Å². The highest BCUT2D eigenvalue weighted by molar-refractivity contribution is 5.39. The average molecular weight is 238 g/mol. The average Bonchev–Trinajstić information content (AvgIpc) is 2.28. The van der Waals surface area contributed by atoms with E-state index in [-0.39, 0.29) is 6.04 Å². The van der Waals surface area contributed by atoms with E-state index in [9.17, 15) is 0 Å². The van der Waals surface area contributed by atoms with Crippen molar-refractivity contribution in [2.75, 3.05) is 18.5 Å². The van der Waals surface area contributed by atoms with Crippen molar-refractivity contribution in [1.29, 1.82) is 0 Å². The highest BCUT2D eigenvalue weighted by Gasteiger charge is 2.08. The molecule has 1 aromatic heterocycles. The number of anilines is 1. The van der Waals surface area contributed by atoms with Crippen LogP contribution < -0.4 is 15.8 Å². The molecule has 0 aliphatic heterocycles. The van der Waals surface area contributed by atoms with Crippen molar-refractivity contribution >= 4 is 5.82 Å². The molecule has 5 nitrogen and oxygen atoms in total. The lowest BCUT2D eigenvalue weighted by Crippen LogP contribution is -2.29. The van der Waals surface area contributed by atoms with Crippen LogP contribution in [0.5, 0.6) is 5.88 Å². The number of nitrogens with one attached hydrogen (secondary N) is 1. The summed E-state index contributed by atoms with van der Waals surface area (Å²) in [5.74, 6) is 2.09. The fraction of sp³-hybridized carbons (Fsp3) is 0.667. The molecule has 0 saturated carbocycles. The Morgan fingerprint density at radius 2 is 2.18 bits per heavy atom. The largest absolute Gasteiger partial charge is 0.478 e. The van der Waals surface area contributed by atoms with Gasteiger partial charge in [0.1, 0.15) is 11.6 Å². The fourth-order valence-corrected chi connectivity index (χ4v) is 1.64. The van der Waals surface area contributed by atoms with E-state index in [1.807, 2.05) is 19.9 Å². The van der Waals surface area contributed by atoms with E-state index < -0.39 is 0 Å². The third-order valence-electron chi connectivity index (χ3n) is 2.38. The molecule has 0 spiro atoms. The molecule has 1 rings (SSSR count). The third kappa shape index (κ3) is 4.56. The van der Waals surface area contributed by atoms with Gasteiger partial charge in [-0.1, -0.05) is 13.3 Å². The number of ether oxygens (including phenoxy) is 1. The molecule has 0 bridgehead atoms. The maximum atomic E-state index is 5.70. The summed E-state index contributed by atoms with van der Waals surface area (Å²) in [4.78, 5) is 8.53. The van der Waals surface area contributed by atoms with Crippen LogP contribution in [0.2, 0.25) is 0 Å². The van der Waals surface area contributed by atoms with E-state index in [0.29, 0.717) is 24.9 Å². The first kappa shape index (κ1) is 13.7. The Hall–Kier alpha value is -1.36. The van der Waals surface area contributed by atoms with Crippen molar-refractivity contribution in [2.45, 2.75) is 39.7 Å². The summed E-state index contributed by atoms with van der Waals surface area (Å²) in [6.45, 7) is 7.13. The first-order valence-electron chi connectivity index (χ1n) is 6.14. The van der Waals surface area contributed by atoms with Gasteiger partial charge in [0.25, 0.3) is 0 Å². The zero-order chi connectivity index (χ0) is 12.7. The smallest absolute Gasteiger partial charge is 0.218 e. The lowest BCUT2D eigenvalue weighted by Gasteiger charge is -2.17. The van der Waals surface area contributed by atoms with Gasteiger partial charge in [-0.25, -0.2) is 4.98 Å². The van der Waals surface area contributed by atoms with Gasteiger partial charge in [0.15, 0.2) is 0 Å². The number of hydrogen-bond donors (Lipinski definition) is 2. The van der Waals surface area contributed by atoms with Crippen molar-refractivity contribution in [3.05, 3.63) is 11.9 Å². The van der Waals surface area contributed by atoms with Crippen LogP contribution in [0.1, 0.15) is 32.5 Å². The van der Waals surface area contributed by atoms with Crippen molar-refractivity contribution in [3.8, 4) is 5.88 Å². The van der Waals surface area contributed by atoms with Gasteiger partial charge >= 0.3 is 0 Å². The molecule has 17 heavy (non-hydrogen) atoms. The van der Waals surface area contributed by atoms with Gasteiger partial charge in [-0.05, 0) is 20.3 Å². The Labute approximate surface area is 103 Å². The predicted octanol–water partition coefficient (Wildman–Crippen LogP) is 1.72. The molecule has 0 amide bonds. The topological polar surface area (TPSA) is 73.1 Å². The molecule has 1 heterocycles. The number of nitrogens with zero attached hydrogens (tertiary/aromatic N) is 2. The number of aromatic nitrogens is 2. The van der Waals surface area contributed by atoms with Crippen LogP contribution in [0.4, 0.5) is 5.82 Å². The zero-order valence-corrected chi connectivity index (χ0v) is 10.9. The summed E-state index contributed by atoms with van der Waals surface area (Å²) in [6.07, 6.45) is 2.13. The molecule has 96 valence electrons. The molecule has 5 heteroatoms. The Morgan fingerprint density at radius 1 is 1.41 bits per heavy atom. The lowest BCUT2D eigenvalue weighted by molar-refractivity contribution is 0.325. The fourth-order valence-electron chi connectivity index (χ4n) is 1.64. The van der Waals surface area contributed by atoms with E-state index in [0.717, 1.165) is 18.7 Å². The second-order valence-corrected chi connectivity index (χ2v) is 3.94. The summed E-state index contributed by atoms with van der Waals surface area (Å²) in [7, 11) is 0. The molecule has 1 aromatic rings. The van der Waals surface area contributed by atoms with E-state index in [1.165, 1.54) is 0 Å². The number of rotatable bonds is 7. The quantitative estimate of drug-likeness (QED) is 0.756. The Balaban J connectivity index is 2.75. The third-order valence-corrected chi connectivity index (χ3v) is 2.38. The van der Waals surface area contributed by atoms with Gasteiger partial charge in [0.05, 0.1) is 6.61 Å². The van der Waals surface area contributed by atoms with Gasteiger partial charge in [0, 0.05) is 18.7 Å². The lowest BCUT2D eigenvalue weighted by atomic mass is 10.2. The molecular formula is C12H22N4O. The van der Waals surface area contributed by atoms with E-state index in [4.69, 9.17) is 10.5 Å². The molecule has 0 aromatic carbocycles. The van der Waals surface area contributed by atoms with Crippen LogP contribution in [0.25, 0.3) is 0 Å². The van der Waals surface area contributed by atoms with Crippen LogP contribution in [0.15, 0.2) is 6.07 Å². The van der Waals surface area contributed by atoms with Gasteiger partial charge in [-0.2, -0.15) is 4.98 Å². The van der Waals surface area contributed by atoms with Gasteiger partial charge in [-0.15, -0.1) is 0 Å². The molecule has 1 atom stereocenters. The maximum Gasteiger partial charge on any atom is 0.218 e. The summed E-state index contributed by atoms with van der Waals surface area (Å²) in [5.41, 5.74) is 5.70. The van der Waals surface area contributed by atoms with Crippen molar-refractivity contribution in [2.24, 2.45) is 5.73 Å². The molecule has 0 fully saturated rings. The monoisotopic (exact) mass is 238 g/mol. The molecular weight excluding hydrogens is 216 g/mol. The van der Waals surface area contributed by atoms with E-state index in [1.54, 1.807) is 0 Å². The summed E-state index contributed by atoms with van der Waals surface area (Å²) >= 11 is 0. The van der Waals surface area contributed by atoms with E-state index >= 15 is 0 Å². The SMILES string of the molecule is CCCC(CN)Nc1cc(OCC)nc(C)n1. The zero-order valence-electron chi connectivity index (χ0n) is 10.9. The summed E-state index contributed by atoms with van der Waals surface area (Å²) in [6, 6.07) is 2.07. The highest BCUT2D eigenvalue weighted by Crippen LogP contribution is 2.15. The Kier molecular flexibility index (Phi) is 5.69. The van der Waals surface area contributed by atoms with Crippen LogP contribution in [0.3, 0.4) is 0 Å². The molecule has 1 unspecified atom stereocenters. The number of nitrogens with two attached hydrogens (primary N) is 1. The van der Waals surface area contributed by atoms with Gasteiger partial charge in [0.2, 0.25) is 5.88 Å². The maximum absolute atomic E-state index is 5.70. The minimum atomic E-state index is 0.253. The first-order chi connectivity index (χ1) is 8.19. The first-order valence-corrected chi connectivity index (χ1v) is 6.14. The van der Waals surface area contributed by atoms with E-state index in [2.05, 4.69) is 22.2 Å². The minimum Gasteiger partial charge on any atom is -0.478 e. The predicted molar refractivity (Wildman–Crippen MR) is 69.3 cm³/mol. The number of aryl methyl sites for hydroxylation is 1. The molecule has 0 saturated heterocycles. The number of hydrogen-bond acceptors (Lipinski definition) is 5. The van der Waals surface area contributed by atoms with Crippen LogP contribution in [-0.2, 0) is 0 Å². The van der Waals surface area contributed by atoms with Gasteiger partial charge in [-0.3, -0.25) is 0 Å². The Bertz CT molecular complexity index is 343. The highest BCUT2D eigenvalue weighted by atomic mass is 16.5. The minimum absolute atomic E-state index is 0.253. The second-order valence-electron chi connectivity index (χ2n) is 3.94. The standard InChI is InChI=1S/C12H22N4O/c1-4-6-10(8-13)16-11-7-12(17-5-2)15-9(3)14-11/h7,10H,4-6,8,13H2,1-3H3,(H,14,15,16). The molecule has 3 N–H and O–H groups in total. The summed E-state index contributed by atoms with van der Waals surface area (Å²) < 4.78 is 5.38. The van der Waals surface area contributed by atoms with Crippen molar-refractivity contribution in [1.82, 2.24) is 9.97 Å². The molecule has 0 aliphatic carbocycles. The second kappa shape index (κ2) is 7.06. The Morgan fingerprint density at radius 3 is 2.76 bits per heavy atom. The van der Waals surface area contributed by atoms with Crippen LogP contribution in [0, 0.1) is 6.92 Å². The van der Waals surface area contributed by atoms with Gasteiger partial charge < -0.3 is 15.8 Å². The summed E-state index contributed by atoms with van der Waals surface area (Å²) in [5, 5.41) is 3.31. The van der Waals surface area contributed by atoms with Crippen molar-refractivity contribution in [3.63, 3.8) is 0 Å². The molecule has 0 aliphatic rings. The molecule has 0 radical (unpaired) electrons.